The summed E-state index contributed by atoms with van der Waals surface area (Å²) in [5.74, 6) is 0. The molecule has 0 radical (unpaired) electrons. The summed E-state index contributed by atoms with van der Waals surface area (Å²) < 4.78 is 0. The second-order valence-electron chi connectivity index (χ2n) is 2.68. The maximum absolute atomic E-state index is 5.80. The Balaban J connectivity index is 0.00000121. The van der Waals surface area contributed by atoms with Crippen molar-refractivity contribution >= 4 is 18.1 Å². The van der Waals surface area contributed by atoms with E-state index in [1.807, 2.05) is 24.3 Å². The van der Waals surface area contributed by atoms with Crippen LogP contribution in [-0.2, 0) is 0 Å². The van der Waals surface area contributed by atoms with Crippen molar-refractivity contribution in [3.8, 4) is 0 Å². The average molecular weight is 187 g/mol. The molecule has 3 heteroatoms. The van der Waals surface area contributed by atoms with Crippen LogP contribution in [0.15, 0.2) is 24.3 Å². The van der Waals surface area contributed by atoms with Crippen LogP contribution in [-0.4, -0.2) is 0 Å². The van der Waals surface area contributed by atoms with Crippen molar-refractivity contribution in [1.82, 2.24) is 0 Å². The smallest absolute Gasteiger partial charge is 0.0314 e. The molecule has 0 bridgehead atoms. The largest absolute Gasteiger partial charge is 0.399 e. The van der Waals surface area contributed by atoms with Gasteiger partial charge in [0.2, 0.25) is 0 Å². The molecular formula is C9H15ClN2. The van der Waals surface area contributed by atoms with E-state index in [4.69, 9.17) is 11.5 Å². The Morgan fingerprint density at radius 1 is 1.25 bits per heavy atom. The number of benzene rings is 1. The number of anilines is 1. The van der Waals surface area contributed by atoms with Gasteiger partial charge < -0.3 is 11.5 Å². The van der Waals surface area contributed by atoms with Crippen molar-refractivity contribution in [2.75, 3.05) is 5.73 Å². The third-order valence-corrected chi connectivity index (χ3v) is 1.80. The predicted molar refractivity (Wildman–Crippen MR) is 55.3 cm³/mol. The predicted octanol–water partition coefficient (Wildman–Crippen LogP) is 2.10. The van der Waals surface area contributed by atoms with Gasteiger partial charge in [0.15, 0.2) is 0 Å². The van der Waals surface area contributed by atoms with E-state index in [-0.39, 0.29) is 18.4 Å². The summed E-state index contributed by atoms with van der Waals surface area (Å²) in [6.45, 7) is 2.07. The first-order chi connectivity index (χ1) is 5.24. The van der Waals surface area contributed by atoms with Gasteiger partial charge in [-0.25, -0.2) is 0 Å². The Morgan fingerprint density at radius 2 is 1.75 bits per heavy atom. The molecule has 1 rings (SSSR count). The van der Waals surface area contributed by atoms with Crippen molar-refractivity contribution in [2.24, 2.45) is 5.73 Å². The van der Waals surface area contributed by atoms with Crippen LogP contribution in [0.5, 0.6) is 0 Å². The summed E-state index contributed by atoms with van der Waals surface area (Å²) in [7, 11) is 0. The lowest BCUT2D eigenvalue weighted by atomic mass is 10.1. The quantitative estimate of drug-likeness (QED) is 0.696. The van der Waals surface area contributed by atoms with Gasteiger partial charge in [0, 0.05) is 11.7 Å². The van der Waals surface area contributed by atoms with Gasteiger partial charge in [0.1, 0.15) is 0 Å². The molecule has 2 nitrogen and oxygen atoms in total. The Hall–Kier alpha value is -0.730. The first-order valence-electron chi connectivity index (χ1n) is 3.85. The van der Waals surface area contributed by atoms with E-state index in [9.17, 15) is 0 Å². The van der Waals surface area contributed by atoms with Gasteiger partial charge in [-0.1, -0.05) is 19.1 Å². The fourth-order valence-corrected chi connectivity index (χ4v) is 0.979. The minimum absolute atomic E-state index is 0. The maximum Gasteiger partial charge on any atom is 0.0314 e. The zero-order valence-electron chi connectivity index (χ0n) is 7.16. The molecule has 0 aromatic heterocycles. The lowest BCUT2D eigenvalue weighted by molar-refractivity contribution is 0.699. The molecule has 1 aromatic rings. The molecule has 1 atom stereocenters. The van der Waals surface area contributed by atoms with E-state index in [1.165, 1.54) is 0 Å². The molecule has 0 saturated heterocycles. The monoisotopic (exact) mass is 186 g/mol. The molecule has 0 amide bonds. The van der Waals surface area contributed by atoms with Gasteiger partial charge in [-0.05, 0) is 24.1 Å². The molecule has 0 aliphatic rings. The van der Waals surface area contributed by atoms with Crippen molar-refractivity contribution in [2.45, 2.75) is 19.4 Å². The molecule has 0 spiro atoms. The summed E-state index contributed by atoms with van der Waals surface area (Å²) in [5, 5.41) is 0. The molecular weight excluding hydrogens is 172 g/mol. The molecule has 68 valence electrons. The molecule has 12 heavy (non-hydrogen) atoms. The highest BCUT2D eigenvalue weighted by Gasteiger charge is 2.00. The topological polar surface area (TPSA) is 52.0 Å². The highest BCUT2D eigenvalue weighted by Crippen LogP contribution is 2.14. The molecule has 1 unspecified atom stereocenters. The summed E-state index contributed by atoms with van der Waals surface area (Å²) >= 11 is 0. The van der Waals surface area contributed by atoms with Crippen LogP contribution in [0.25, 0.3) is 0 Å². The first-order valence-corrected chi connectivity index (χ1v) is 3.85. The standard InChI is InChI=1S/C9H14N2.ClH/c1-2-9(11)7-3-5-8(10)6-4-7;/h3-6,9H,2,10-11H2,1H3;1H. The first kappa shape index (κ1) is 11.3. The van der Waals surface area contributed by atoms with Crippen LogP contribution in [0.4, 0.5) is 5.69 Å². The van der Waals surface area contributed by atoms with Gasteiger partial charge in [-0.3, -0.25) is 0 Å². The highest BCUT2D eigenvalue weighted by molar-refractivity contribution is 5.85. The fraction of sp³-hybridized carbons (Fsp3) is 0.333. The highest BCUT2D eigenvalue weighted by atomic mass is 35.5. The average Bonchev–Trinajstić information content (AvgIpc) is 2.05. The molecule has 0 aliphatic carbocycles. The number of hydrogen-bond donors (Lipinski definition) is 2. The second-order valence-corrected chi connectivity index (χ2v) is 2.68. The van der Waals surface area contributed by atoms with Gasteiger partial charge in [0.05, 0.1) is 0 Å². The SMILES string of the molecule is CCC(N)c1ccc(N)cc1.Cl. The summed E-state index contributed by atoms with van der Waals surface area (Å²) in [6, 6.07) is 7.86. The van der Waals surface area contributed by atoms with Gasteiger partial charge in [-0.2, -0.15) is 0 Å². The van der Waals surface area contributed by atoms with E-state index in [0.29, 0.717) is 0 Å². The van der Waals surface area contributed by atoms with E-state index in [0.717, 1.165) is 17.7 Å². The van der Waals surface area contributed by atoms with Crippen molar-refractivity contribution in [1.29, 1.82) is 0 Å². The van der Waals surface area contributed by atoms with Crippen molar-refractivity contribution in [3.63, 3.8) is 0 Å². The zero-order valence-corrected chi connectivity index (χ0v) is 7.97. The minimum Gasteiger partial charge on any atom is -0.399 e. The summed E-state index contributed by atoms with van der Waals surface area (Å²) in [6.07, 6.45) is 0.962. The number of nitrogen functional groups attached to an aromatic ring is 1. The van der Waals surface area contributed by atoms with Crippen LogP contribution in [0.1, 0.15) is 24.9 Å². The van der Waals surface area contributed by atoms with Crippen LogP contribution >= 0.6 is 12.4 Å². The van der Waals surface area contributed by atoms with E-state index in [2.05, 4.69) is 6.92 Å². The summed E-state index contributed by atoms with van der Waals surface area (Å²) in [5.41, 5.74) is 13.3. The fourth-order valence-electron chi connectivity index (χ4n) is 0.979. The Bertz CT molecular complexity index is 220. The van der Waals surface area contributed by atoms with Crippen LogP contribution < -0.4 is 11.5 Å². The molecule has 1 aromatic carbocycles. The number of nitrogens with two attached hydrogens (primary N) is 2. The van der Waals surface area contributed by atoms with Crippen LogP contribution in [0.2, 0.25) is 0 Å². The van der Waals surface area contributed by atoms with Crippen LogP contribution in [0.3, 0.4) is 0 Å². The molecule has 4 N–H and O–H groups in total. The van der Waals surface area contributed by atoms with E-state index in [1.54, 1.807) is 0 Å². The van der Waals surface area contributed by atoms with Gasteiger partial charge in [-0.15, -0.1) is 12.4 Å². The van der Waals surface area contributed by atoms with E-state index < -0.39 is 0 Å². The number of rotatable bonds is 2. The zero-order chi connectivity index (χ0) is 8.27. The number of hydrogen-bond acceptors (Lipinski definition) is 2. The lowest BCUT2D eigenvalue weighted by Crippen LogP contribution is -2.08. The normalized spacial score (nSPS) is 11.8. The Morgan fingerprint density at radius 3 is 2.17 bits per heavy atom. The molecule has 0 saturated carbocycles. The van der Waals surface area contributed by atoms with Gasteiger partial charge in [0.25, 0.3) is 0 Å². The maximum atomic E-state index is 5.80. The molecule has 0 aliphatic heterocycles. The molecule has 0 heterocycles. The Labute approximate surface area is 79.4 Å². The van der Waals surface area contributed by atoms with Gasteiger partial charge >= 0.3 is 0 Å². The third kappa shape index (κ3) is 2.72. The summed E-state index contributed by atoms with van der Waals surface area (Å²) in [4.78, 5) is 0. The second kappa shape index (κ2) is 5.01. The molecule has 0 fully saturated rings. The lowest BCUT2D eigenvalue weighted by Gasteiger charge is -2.08. The van der Waals surface area contributed by atoms with Crippen molar-refractivity contribution in [3.05, 3.63) is 29.8 Å². The van der Waals surface area contributed by atoms with Crippen LogP contribution in [0, 0.1) is 0 Å². The minimum atomic E-state index is 0. The van der Waals surface area contributed by atoms with E-state index >= 15 is 0 Å². The Kier molecular flexibility index (Phi) is 4.71. The van der Waals surface area contributed by atoms with Crippen molar-refractivity contribution < 1.29 is 0 Å². The third-order valence-electron chi connectivity index (χ3n) is 1.80. The number of halogens is 1.